The first kappa shape index (κ1) is 17.7. The molecular formula is C16H18INO2S2. The van der Waals surface area contributed by atoms with Gasteiger partial charge in [-0.3, -0.25) is 0 Å². The van der Waals surface area contributed by atoms with Crippen LogP contribution in [-0.4, -0.2) is 19.1 Å². The molecule has 2 rings (SSSR count). The Hall–Kier alpha value is -0.600. The van der Waals surface area contributed by atoms with Crippen LogP contribution in [0.1, 0.15) is 19.8 Å². The molecule has 1 aliphatic heterocycles. The molecule has 0 saturated carbocycles. The molecule has 0 aromatic heterocycles. The van der Waals surface area contributed by atoms with Crippen LogP contribution in [0.25, 0.3) is 0 Å². The monoisotopic (exact) mass is 447 g/mol. The number of fused-ring (bicyclic) bond motifs is 1. The molecule has 0 radical (unpaired) electrons. The van der Waals surface area contributed by atoms with Crippen LogP contribution in [0.5, 0.6) is 0 Å². The van der Waals surface area contributed by atoms with Crippen molar-refractivity contribution in [2.75, 3.05) is 18.1 Å². The highest BCUT2D eigenvalue weighted by molar-refractivity contribution is 14.1. The van der Waals surface area contributed by atoms with Gasteiger partial charge < -0.3 is 9.64 Å². The van der Waals surface area contributed by atoms with Crippen molar-refractivity contribution in [1.29, 1.82) is 0 Å². The molecule has 3 nitrogen and oxygen atoms in total. The van der Waals surface area contributed by atoms with Crippen molar-refractivity contribution in [2.24, 2.45) is 0 Å². The van der Waals surface area contributed by atoms with E-state index in [0.717, 1.165) is 24.3 Å². The van der Waals surface area contributed by atoms with Crippen molar-refractivity contribution >= 4 is 58.6 Å². The zero-order valence-corrected chi connectivity index (χ0v) is 16.2. The molecular weight excluding hydrogens is 429 g/mol. The molecule has 0 atom stereocenters. The fourth-order valence-corrected chi connectivity index (χ4v) is 4.24. The van der Waals surface area contributed by atoms with Gasteiger partial charge in [-0.25, -0.2) is 4.79 Å². The van der Waals surface area contributed by atoms with Gasteiger partial charge in [0.2, 0.25) is 0 Å². The highest BCUT2D eigenvalue weighted by atomic mass is 127. The maximum Gasteiger partial charge on any atom is 0.330 e. The second-order valence-electron chi connectivity index (χ2n) is 4.84. The van der Waals surface area contributed by atoms with Gasteiger partial charge in [0, 0.05) is 26.0 Å². The number of hydrogen-bond acceptors (Lipinski definition) is 5. The van der Waals surface area contributed by atoms with Crippen molar-refractivity contribution in [3.05, 3.63) is 44.4 Å². The molecule has 1 aliphatic rings. The maximum atomic E-state index is 11.0. The van der Waals surface area contributed by atoms with E-state index < -0.39 is 0 Å². The van der Waals surface area contributed by atoms with Gasteiger partial charge in [0.25, 0.3) is 0 Å². The van der Waals surface area contributed by atoms with E-state index in [0.29, 0.717) is 6.61 Å². The van der Waals surface area contributed by atoms with E-state index in [-0.39, 0.29) is 5.97 Å². The summed E-state index contributed by atoms with van der Waals surface area (Å²) in [6.07, 6.45) is 2.97. The maximum absolute atomic E-state index is 11.0. The lowest BCUT2D eigenvalue weighted by Crippen LogP contribution is -2.20. The summed E-state index contributed by atoms with van der Waals surface area (Å²) in [7, 11) is 0. The molecule has 0 spiro atoms. The number of allylic oxidation sites excluding steroid dienone is 1. The summed E-state index contributed by atoms with van der Waals surface area (Å²) in [4.78, 5) is 15.6. The highest BCUT2D eigenvalue weighted by Crippen LogP contribution is 2.48. The Labute approximate surface area is 154 Å². The van der Waals surface area contributed by atoms with Gasteiger partial charge >= 0.3 is 5.97 Å². The van der Waals surface area contributed by atoms with Crippen LogP contribution in [0.4, 0.5) is 5.69 Å². The summed E-state index contributed by atoms with van der Waals surface area (Å²) in [5.41, 5.74) is 1.23. The number of ether oxygens (including phenoxy) is 1. The zero-order valence-electron chi connectivity index (χ0n) is 12.3. The first-order valence-corrected chi connectivity index (χ1v) is 9.31. The van der Waals surface area contributed by atoms with E-state index >= 15 is 0 Å². The number of carbonyl (C=O) groups excluding carboxylic acids is 1. The number of hydrogen-bond donors (Lipinski definition) is 1. The number of thioether (sulfide) groups is 1. The minimum atomic E-state index is -0.358. The number of nitrogens with zero attached hydrogens (tertiary/aromatic N) is 1. The van der Waals surface area contributed by atoms with E-state index in [1.54, 1.807) is 11.8 Å². The van der Waals surface area contributed by atoms with Crippen molar-refractivity contribution in [3.8, 4) is 0 Å². The van der Waals surface area contributed by atoms with Crippen LogP contribution < -0.4 is 4.90 Å². The fourth-order valence-electron chi connectivity index (χ4n) is 2.16. The van der Waals surface area contributed by atoms with Crippen molar-refractivity contribution in [1.82, 2.24) is 0 Å². The predicted octanol–water partition coefficient (Wildman–Crippen LogP) is 4.83. The van der Waals surface area contributed by atoms with Crippen LogP contribution in [-0.2, 0) is 9.53 Å². The molecule has 1 heterocycles. The summed E-state index contributed by atoms with van der Waals surface area (Å²) < 4.78 is 6.24. The van der Waals surface area contributed by atoms with Gasteiger partial charge in [0.15, 0.2) is 0 Å². The van der Waals surface area contributed by atoms with Crippen LogP contribution in [0, 0.1) is 3.57 Å². The van der Waals surface area contributed by atoms with Gasteiger partial charge in [-0.05, 0) is 60.6 Å². The Bertz CT molecular complexity index is 612. The summed E-state index contributed by atoms with van der Waals surface area (Å²) in [6, 6.07) is 6.48. The average molecular weight is 447 g/mol. The number of thiol groups is 1. The topological polar surface area (TPSA) is 29.5 Å². The van der Waals surface area contributed by atoms with Gasteiger partial charge in [0.1, 0.15) is 0 Å². The Balaban J connectivity index is 1.98. The molecule has 0 unspecified atom stereocenters. The van der Waals surface area contributed by atoms with Crippen LogP contribution >= 0.6 is 47.0 Å². The Morgan fingerprint density at radius 3 is 2.95 bits per heavy atom. The van der Waals surface area contributed by atoms with Crippen molar-refractivity contribution in [2.45, 2.75) is 24.7 Å². The lowest BCUT2D eigenvalue weighted by Gasteiger charge is -2.21. The van der Waals surface area contributed by atoms with Crippen LogP contribution in [0.3, 0.4) is 0 Å². The Kier molecular flexibility index (Phi) is 6.70. The minimum absolute atomic E-state index is 0.358. The molecule has 0 fully saturated rings. The van der Waals surface area contributed by atoms with E-state index in [9.17, 15) is 4.79 Å². The molecule has 22 heavy (non-hydrogen) atoms. The largest absolute Gasteiger partial charge is 0.463 e. The number of esters is 1. The number of rotatable bonds is 6. The standard InChI is InChI=1S/C16H18INO2S2/c1-3-15(19)20-9-5-4-8-18-13-7-6-12(17)10-14(13)22-16(18)11(2)21/h3,6-7,10,21H,1,4-5,8-9H2,2H3/b16-11-. The number of anilines is 1. The molecule has 6 heteroatoms. The second kappa shape index (κ2) is 8.31. The molecule has 0 N–H and O–H groups in total. The second-order valence-corrected chi connectivity index (χ2v) is 7.78. The fraction of sp³-hybridized carbons (Fsp3) is 0.312. The summed E-state index contributed by atoms with van der Waals surface area (Å²) >= 11 is 8.62. The Morgan fingerprint density at radius 2 is 2.27 bits per heavy atom. The number of carbonyl (C=O) groups is 1. The average Bonchev–Trinajstić information content (AvgIpc) is 2.84. The van der Waals surface area contributed by atoms with E-state index in [1.807, 2.05) is 6.92 Å². The predicted molar refractivity (Wildman–Crippen MR) is 104 cm³/mol. The zero-order chi connectivity index (χ0) is 16.1. The molecule has 0 aliphatic carbocycles. The smallest absolute Gasteiger partial charge is 0.330 e. The lowest BCUT2D eigenvalue weighted by atomic mass is 10.2. The third-order valence-electron chi connectivity index (χ3n) is 3.16. The van der Waals surface area contributed by atoms with Gasteiger partial charge in [0.05, 0.1) is 17.3 Å². The first-order valence-electron chi connectivity index (χ1n) is 6.97. The number of unbranched alkanes of at least 4 members (excludes halogenated alkanes) is 1. The van der Waals surface area contributed by atoms with Crippen molar-refractivity contribution in [3.63, 3.8) is 0 Å². The highest BCUT2D eigenvalue weighted by Gasteiger charge is 2.25. The van der Waals surface area contributed by atoms with E-state index in [1.165, 1.54) is 25.3 Å². The van der Waals surface area contributed by atoms with E-state index in [2.05, 4.69) is 64.9 Å². The molecule has 118 valence electrons. The molecule has 1 aromatic rings. The van der Waals surface area contributed by atoms with Crippen molar-refractivity contribution < 1.29 is 9.53 Å². The van der Waals surface area contributed by atoms with Gasteiger partial charge in [-0.2, -0.15) is 0 Å². The van der Waals surface area contributed by atoms with Gasteiger partial charge in [-0.1, -0.05) is 18.3 Å². The minimum Gasteiger partial charge on any atom is -0.463 e. The summed E-state index contributed by atoms with van der Waals surface area (Å²) in [5, 5.41) is 1.18. The van der Waals surface area contributed by atoms with E-state index in [4.69, 9.17) is 4.74 Å². The summed E-state index contributed by atoms with van der Waals surface area (Å²) in [6.45, 7) is 6.72. The molecule has 0 saturated heterocycles. The van der Waals surface area contributed by atoms with Crippen LogP contribution in [0.15, 0.2) is 45.7 Å². The van der Waals surface area contributed by atoms with Crippen LogP contribution in [0.2, 0.25) is 0 Å². The normalized spacial score (nSPS) is 15.5. The number of halogens is 1. The SMILES string of the molecule is C=CC(=O)OCCCCN1/C(=C(\C)S)Sc2cc(I)ccc21. The number of benzene rings is 1. The third-order valence-corrected chi connectivity index (χ3v) is 5.46. The molecule has 1 aromatic carbocycles. The molecule has 0 bridgehead atoms. The van der Waals surface area contributed by atoms with Gasteiger partial charge in [-0.15, -0.1) is 12.6 Å². The summed E-state index contributed by atoms with van der Waals surface area (Å²) in [5.74, 6) is -0.358. The lowest BCUT2D eigenvalue weighted by molar-refractivity contribution is -0.137. The first-order chi connectivity index (χ1) is 10.5. The Morgan fingerprint density at radius 1 is 1.50 bits per heavy atom. The molecule has 0 amide bonds. The quantitative estimate of drug-likeness (QED) is 0.222. The third kappa shape index (κ3) is 4.45.